The molecule has 0 aliphatic heterocycles. The number of hydrogen-bond acceptors (Lipinski definition) is 5. The number of aliphatic hydroxyl groups excluding tert-OH is 1. The largest absolute Gasteiger partial charge is 0.396 e. The molecule has 0 saturated carbocycles. The Morgan fingerprint density at radius 1 is 1.12 bits per heavy atom. The summed E-state index contributed by atoms with van der Waals surface area (Å²) < 4.78 is -1.62. The highest BCUT2D eigenvalue weighted by Crippen LogP contribution is 2.24. The molecule has 5 heteroatoms. The van der Waals surface area contributed by atoms with Crippen LogP contribution in [0.1, 0.15) is 34.1 Å². The molecule has 0 radical (unpaired) electrons. The number of thiol groups is 2. The summed E-state index contributed by atoms with van der Waals surface area (Å²) in [5.74, 6) is -1.06. The summed E-state index contributed by atoms with van der Waals surface area (Å²) in [5, 5.41) is 9.14. The lowest BCUT2D eigenvalue weighted by atomic mass is 9.88. The van der Waals surface area contributed by atoms with Gasteiger partial charge in [0.1, 0.15) is 5.78 Å². The normalized spacial score (nSPS) is 14.7. The van der Waals surface area contributed by atoms with E-state index in [1.54, 1.807) is 27.7 Å². The lowest BCUT2D eigenvalue weighted by Gasteiger charge is -2.24. The standard InChI is InChI=1S/C11H20O3S2/c1-10(2,15)8(13)5-7(6-12)9(14)11(3,4)16/h7,12,15-16H,5-6H2,1-4H3. The van der Waals surface area contributed by atoms with E-state index in [0.717, 1.165) is 0 Å². The summed E-state index contributed by atoms with van der Waals surface area (Å²) >= 11 is 8.29. The lowest BCUT2D eigenvalue weighted by Crippen LogP contribution is -2.38. The first kappa shape index (κ1) is 16.0. The van der Waals surface area contributed by atoms with Gasteiger partial charge in [-0.1, -0.05) is 0 Å². The van der Waals surface area contributed by atoms with E-state index in [2.05, 4.69) is 25.3 Å². The van der Waals surface area contributed by atoms with Crippen molar-refractivity contribution < 1.29 is 14.7 Å². The molecule has 0 fully saturated rings. The fraction of sp³-hybridized carbons (Fsp3) is 0.818. The first-order valence-corrected chi connectivity index (χ1v) is 6.02. The van der Waals surface area contributed by atoms with Crippen molar-refractivity contribution in [1.29, 1.82) is 0 Å². The molecule has 0 saturated heterocycles. The second-order valence-corrected chi connectivity index (χ2v) is 7.23. The van der Waals surface area contributed by atoms with Crippen LogP contribution in [-0.2, 0) is 9.59 Å². The first-order chi connectivity index (χ1) is 7.00. The second kappa shape index (κ2) is 5.56. The van der Waals surface area contributed by atoms with Gasteiger partial charge in [-0.15, -0.1) is 0 Å². The van der Waals surface area contributed by atoms with Crippen LogP contribution >= 0.6 is 25.3 Å². The van der Waals surface area contributed by atoms with Gasteiger partial charge in [0.15, 0.2) is 5.78 Å². The highest BCUT2D eigenvalue weighted by molar-refractivity contribution is 7.82. The van der Waals surface area contributed by atoms with E-state index in [4.69, 9.17) is 5.11 Å². The molecule has 0 heterocycles. The van der Waals surface area contributed by atoms with Crippen LogP contribution in [-0.4, -0.2) is 32.8 Å². The summed E-state index contributed by atoms with van der Waals surface area (Å²) in [5.41, 5.74) is 0. The van der Waals surface area contributed by atoms with Crippen LogP contribution in [0.2, 0.25) is 0 Å². The molecule has 0 amide bonds. The number of aliphatic hydroxyl groups is 1. The molecular formula is C11H20O3S2. The van der Waals surface area contributed by atoms with Gasteiger partial charge >= 0.3 is 0 Å². The first-order valence-electron chi connectivity index (χ1n) is 5.13. The Morgan fingerprint density at radius 2 is 1.56 bits per heavy atom. The maximum Gasteiger partial charge on any atom is 0.153 e. The molecule has 0 rings (SSSR count). The molecule has 0 aromatic heterocycles. The zero-order valence-electron chi connectivity index (χ0n) is 10.1. The van der Waals surface area contributed by atoms with Gasteiger partial charge in [0, 0.05) is 12.3 Å². The van der Waals surface area contributed by atoms with Crippen molar-refractivity contribution in [3.05, 3.63) is 0 Å². The number of hydrogen-bond donors (Lipinski definition) is 3. The second-order valence-electron chi connectivity index (χ2n) is 4.99. The third-order valence-corrected chi connectivity index (χ3v) is 2.78. The van der Waals surface area contributed by atoms with E-state index >= 15 is 0 Å². The van der Waals surface area contributed by atoms with Gasteiger partial charge < -0.3 is 5.11 Å². The van der Waals surface area contributed by atoms with Crippen LogP contribution in [0.25, 0.3) is 0 Å². The van der Waals surface area contributed by atoms with Gasteiger partial charge in [-0.3, -0.25) is 9.59 Å². The fourth-order valence-electron chi connectivity index (χ4n) is 1.21. The van der Waals surface area contributed by atoms with E-state index < -0.39 is 15.4 Å². The molecule has 94 valence electrons. The summed E-state index contributed by atoms with van der Waals surface area (Å²) in [7, 11) is 0. The molecule has 16 heavy (non-hydrogen) atoms. The monoisotopic (exact) mass is 264 g/mol. The van der Waals surface area contributed by atoms with Crippen molar-refractivity contribution in [2.45, 2.75) is 43.6 Å². The summed E-state index contributed by atoms with van der Waals surface area (Å²) in [6.45, 7) is 6.31. The van der Waals surface area contributed by atoms with Crippen LogP contribution in [0, 0.1) is 5.92 Å². The third-order valence-electron chi connectivity index (χ3n) is 2.31. The van der Waals surface area contributed by atoms with Gasteiger partial charge in [0.05, 0.1) is 16.1 Å². The van der Waals surface area contributed by atoms with E-state index in [0.29, 0.717) is 0 Å². The average molecular weight is 264 g/mol. The van der Waals surface area contributed by atoms with Gasteiger partial charge in [-0.2, -0.15) is 25.3 Å². The highest BCUT2D eigenvalue weighted by atomic mass is 32.1. The van der Waals surface area contributed by atoms with E-state index in [-0.39, 0.29) is 24.6 Å². The van der Waals surface area contributed by atoms with Crippen LogP contribution in [0.3, 0.4) is 0 Å². The van der Waals surface area contributed by atoms with Gasteiger partial charge in [0.2, 0.25) is 0 Å². The number of ketones is 2. The smallest absolute Gasteiger partial charge is 0.153 e. The topological polar surface area (TPSA) is 54.4 Å². The predicted octanol–water partition coefficient (Wildman–Crippen LogP) is 1.54. The summed E-state index contributed by atoms with van der Waals surface area (Å²) in [6, 6.07) is 0. The average Bonchev–Trinajstić information content (AvgIpc) is 2.09. The SMILES string of the molecule is CC(C)(S)C(=O)CC(CO)C(=O)C(C)(C)S. The van der Waals surface area contributed by atoms with Crippen LogP contribution in [0.4, 0.5) is 0 Å². The summed E-state index contributed by atoms with van der Waals surface area (Å²) in [4.78, 5) is 23.5. The van der Waals surface area contributed by atoms with Crippen molar-refractivity contribution in [3.63, 3.8) is 0 Å². The number of carbonyl (C=O) groups is 2. The van der Waals surface area contributed by atoms with Gasteiger partial charge in [-0.05, 0) is 27.7 Å². The Bertz CT molecular complexity index is 274. The van der Waals surface area contributed by atoms with Crippen molar-refractivity contribution in [3.8, 4) is 0 Å². The Morgan fingerprint density at radius 3 is 1.81 bits per heavy atom. The fourth-order valence-corrected chi connectivity index (χ4v) is 1.49. The Kier molecular flexibility index (Phi) is 5.56. The molecule has 3 nitrogen and oxygen atoms in total. The molecule has 0 aromatic carbocycles. The molecule has 0 aromatic rings. The van der Waals surface area contributed by atoms with Crippen LogP contribution in [0.5, 0.6) is 0 Å². The minimum atomic E-state index is -0.839. The van der Waals surface area contributed by atoms with Crippen molar-refractivity contribution in [2.24, 2.45) is 5.92 Å². The molecule has 1 unspecified atom stereocenters. The van der Waals surface area contributed by atoms with Crippen molar-refractivity contribution in [2.75, 3.05) is 6.61 Å². The lowest BCUT2D eigenvalue weighted by molar-refractivity contribution is -0.130. The minimum Gasteiger partial charge on any atom is -0.396 e. The predicted molar refractivity (Wildman–Crippen MR) is 71.3 cm³/mol. The van der Waals surface area contributed by atoms with Crippen LogP contribution < -0.4 is 0 Å². The van der Waals surface area contributed by atoms with Gasteiger partial charge in [-0.25, -0.2) is 0 Å². The minimum absolute atomic E-state index is 0.00975. The zero-order valence-corrected chi connectivity index (χ0v) is 11.9. The van der Waals surface area contributed by atoms with E-state index in [1.165, 1.54) is 0 Å². The maximum absolute atomic E-state index is 11.8. The Labute approximate surface area is 108 Å². The molecule has 1 atom stereocenters. The Hall–Kier alpha value is -0.000000000000000111. The highest BCUT2D eigenvalue weighted by Gasteiger charge is 2.34. The number of rotatable bonds is 6. The molecule has 0 aliphatic rings. The van der Waals surface area contributed by atoms with Crippen LogP contribution in [0.15, 0.2) is 0 Å². The molecule has 0 bridgehead atoms. The quantitative estimate of drug-likeness (QED) is 0.638. The third kappa shape index (κ3) is 4.89. The molecule has 1 N–H and O–H groups in total. The van der Waals surface area contributed by atoms with Crippen molar-refractivity contribution in [1.82, 2.24) is 0 Å². The number of carbonyl (C=O) groups excluding carboxylic acids is 2. The molecular weight excluding hydrogens is 244 g/mol. The number of Topliss-reactive ketones (excluding diaryl/α,β-unsaturated/α-hetero) is 2. The maximum atomic E-state index is 11.8. The Balaban J connectivity index is 4.68. The molecule has 0 aliphatic carbocycles. The summed E-state index contributed by atoms with van der Waals surface area (Å²) in [6.07, 6.45) is 0.00975. The zero-order chi connectivity index (χ0) is 13.1. The van der Waals surface area contributed by atoms with E-state index in [9.17, 15) is 9.59 Å². The van der Waals surface area contributed by atoms with Crippen molar-refractivity contribution >= 4 is 36.8 Å². The molecule has 0 spiro atoms. The van der Waals surface area contributed by atoms with E-state index in [1.807, 2.05) is 0 Å². The van der Waals surface area contributed by atoms with Gasteiger partial charge in [0.25, 0.3) is 0 Å².